The fraction of sp³-hybridized carbons (Fsp3) is 0.0714. The van der Waals surface area contributed by atoms with Crippen LogP contribution in [0.2, 0.25) is 0 Å². The molecule has 3 rings (SSSR count). The van der Waals surface area contributed by atoms with Crippen LogP contribution in [0.4, 0.5) is 10.1 Å². The quantitative estimate of drug-likeness (QED) is 0.692. The molecule has 0 aliphatic heterocycles. The number of halogens is 1. The third kappa shape index (κ3) is 1.22. The first kappa shape index (κ1) is 10.0. The van der Waals surface area contributed by atoms with Crippen LogP contribution in [0.15, 0.2) is 36.4 Å². The van der Waals surface area contributed by atoms with E-state index in [9.17, 15) is 9.18 Å². The van der Waals surface area contributed by atoms with Gasteiger partial charge in [0.2, 0.25) is 0 Å². The van der Waals surface area contributed by atoms with Gasteiger partial charge in [0.15, 0.2) is 5.78 Å². The third-order valence-electron chi connectivity index (χ3n) is 3.09. The number of ketones is 1. The molecule has 1 aliphatic carbocycles. The number of carbonyl (C=O) groups is 1. The number of hydrogen-bond acceptors (Lipinski definition) is 2. The lowest BCUT2D eigenvalue weighted by atomic mass is 10.0. The summed E-state index contributed by atoms with van der Waals surface area (Å²) >= 11 is 0. The van der Waals surface area contributed by atoms with Crippen LogP contribution in [0.1, 0.15) is 15.9 Å². The molecule has 0 saturated heterocycles. The zero-order chi connectivity index (χ0) is 12.0. The first-order chi connectivity index (χ1) is 8.24. The van der Waals surface area contributed by atoms with Gasteiger partial charge in [0.25, 0.3) is 0 Å². The van der Waals surface area contributed by atoms with E-state index in [1.54, 1.807) is 19.2 Å². The molecule has 0 bridgehead atoms. The van der Waals surface area contributed by atoms with E-state index in [0.29, 0.717) is 11.1 Å². The smallest absolute Gasteiger partial charge is 0.196 e. The Bertz CT molecular complexity index is 634. The van der Waals surface area contributed by atoms with Crippen molar-refractivity contribution in [3.8, 4) is 11.1 Å². The molecule has 2 aromatic carbocycles. The predicted molar refractivity (Wildman–Crippen MR) is 64.8 cm³/mol. The Morgan fingerprint density at radius 3 is 2.41 bits per heavy atom. The molecular weight excluding hydrogens is 217 g/mol. The molecule has 17 heavy (non-hydrogen) atoms. The van der Waals surface area contributed by atoms with E-state index in [1.165, 1.54) is 6.07 Å². The topological polar surface area (TPSA) is 29.1 Å². The Balaban J connectivity index is 2.38. The van der Waals surface area contributed by atoms with Crippen molar-refractivity contribution in [2.75, 3.05) is 12.4 Å². The SMILES string of the molecule is CNc1c(F)ccc2c1C(=O)c1ccccc1-2. The summed E-state index contributed by atoms with van der Waals surface area (Å²) < 4.78 is 13.6. The number of fused-ring (bicyclic) bond motifs is 3. The molecule has 0 heterocycles. The number of hydrogen-bond donors (Lipinski definition) is 1. The molecule has 0 fully saturated rings. The van der Waals surface area contributed by atoms with Crippen LogP contribution in [0.3, 0.4) is 0 Å². The minimum absolute atomic E-state index is 0.112. The Kier molecular flexibility index (Phi) is 2.01. The molecule has 0 radical (unpaired) electrons. The van der Waals surface area contributed by atoms with Crippen molar-refractivity contribution in [1.29, 1.82) is 0 Å². The van der Waals surface area contributed by atoms with Crippen molar-refractivity contribution in [3.63, 3.8) is 0 Å². The van der Waals surface area contributed by atoms with Crippen LogP contribution in [0, 0.1) is 5.82 Å². The second-order valence-electron chi connectivity index (χ2n) is 3.97. The van der Waals surface area contributed by atoms with Gasteiger partial charge < -0.3 is 5.32 Å². The predicted octanol–water partition coefficient (Wildman–Crippen LogP) is 3.08. The van der Waals surface area contributed by atoms with Crippen LogP contribution in [0.5, 0.6) is 0 Å². The van der Waals surface area contributed by atoms with Crippen molar-refractivity contribution < 1.29 is 9.18 Å². The molecule has 0 atom stereocenters. The van der Waals surface area contributed by atoms with E-state index in [4.69, 9.17) is 0 Å². The Morgan fingerprint density at radius 2 is 1.71 bits per heavy atom. The monoisotopic (exact) mass is 227 g/mol. The maximum atomic E-state index is 13.6. The Hall–Kier alpha value is -2.16. The van der Waals surface area contributed by atoms with Gasteiger partial charge in [-0.15, -0.1) is 0 Å². The molecule has 2 aromatic rings. The average molecular weight is 227 g/mol. The first-order valence-corrected chi connectivity index (χ1v) is 5.38. The van der Waals surface area contributed by atoms with Gasteiger partial charge in [-0.25, -0.2) is 4.39 Å². The van der Waals surface area contributed by atoms with E-state index in [-0.39, 0.29) is 11.5 Å². The van der Waals surface area contributed by atoms with Gasteiger partial charge in [-0.3, -0.25) is 4.79 Å². The minimum Gasteiger partial charge on any atom is -0.385 e. The summed E-state index contributed by atoms with van der Waals surface area (Å²) in [6.45, 7) is 0. The summed E-state index contributed by atoms with van der Waals surface area (Å²) in [7, 11) is 1.62. The van der Waals surface area contributed by atoms with Gasteiger partial charge >= 0.3 is 0 Å². The number of nitrogens with one attached hydrogen (secondary N) is 1. The molecule has 1 N–H and O–H groups in total. The maximum absolute atomic E-state index is 13.6. The molecule has 0 saturated carbocycles. The van der Waals surface area contributed by atoms with Crippen molar-refractivity contribution in [2.24, 2.45) is 0 Å². The lowest BCUT2D eigenvalue weighted by molar-refractivity contribution is 0.104. The molecule has 0 unspecified atom stereocenters. The fourth-order valence-electron chi connectivity index (χ4n) is 2.33. The summed E-state index contributed by atoms with van der Waals surface area (Å²) in [4.78, 5) is 12.2. The van der Waals surface area contributed by atoms with Crippen LogP contribution in [-0.4, -0.2) is 12.8 Å². The summed E-state index contributed by atoms with van der Waals surface area (Å²) in [5, 5.41) is 2.77. The van der Waals surface area contributed by atoms with Crippen molar-refractivity contribution >= 4 is 11.5 Å². The molecule has 0 amide bonds. The van der Waals surface area contributed by atoms with Crippen LogP contribution < -0.4 is 5.32 Å². The second kappa shape index (κ2) is 3.42. The Labute approximate surface area is 98.1 Å². The van der Waals surface area contributed by atoms with Gasteiger partial charge in [0, 0.05) is 12.6 Å². The van der Waals surface area contributed by atoms with Gasteiger partial charge in [0.05, 0.1) is 11.3 Å². The number of benzene rings is 2. The summed E-state index contributed by atoms with van der Waals surface area (Å²) in [5.74, 6) is -0.508. The molecule has 0 aromatic heterocycles. The van der Waals surface area contributed by atoms with E-state index in [0.717, 1.165) is 11.1 Å². The van der Waals surface area contributed by atoms with Crippen LogP contribution in [-0.2, 0) is 0 Å². The highest BCUT2D eigenvalue weighted by atomic mass is 19.1. The highest BCUT2D eigenvalue weighted by Crippen LogP contribution is 2.40. The summed E-state index contributed by atoms with van der Waals surface area (Å²) in [6.07, 6.45) is 0. The number of anilines is 1. The van der Waals surface area contributed by atoms with Gasteiger partial charge in [0.1, 0.15) is 5.82 Å². The normalized spacial score (nSPS) is 12.2. The molecule has 84 valence electrons. The minimum atomic E-state index is -0.396. The highest BCUT2D eigenvalue weighted by Gasteiger charge is 2.29. The maximum Gasteiger partial charge on any atom is 0.196 e. The molecule has 3 heteroatoms. The van der Waals surface area contributed by atoms with E-state index in [2.05, 4.69) is 5.32 Å². The first-order valence-electron chi connectivity index (χ1n) is 5.38. The number of rotatable bonds is 1. The summed E-state index contributed by atoms with van der Waals surface area (Å²) in [5.41, 5.74) is 3.04. The Morgan fingerprint density at radius 1 is 1.00 bits per heavy atom. The lowest BCUT2D eigenvalue weighted by Crippen LogP contribution is -2.03. The van der Waals surface area contributed by atoms with Crippen LogP contribution >= 0.6 is 0 Å². The van der Waals surface area contributed by atoms with E-state index in [1.807, 2.05) is 18.2 Å². The average Bonchev–Trinajstić information content (AvgIpc) is 2.64. The van der Waals surface area contributed by atoms with Crippen LogP contribution in [0.25, 0.3) is 11.1 Å². The van der Waals surface area contributed by atoms with E-state index < -0.39 is 5.82 Å². The largest absolute Gasteiger partial charge is 0.385 e. The van der Waals surface area contributed by atoms with Crippen molar-refractivity contribution in [3.05, 3.63) is 53.3 Å². The van der Waals surface area contributed by atoms with Gasteiger partial charge in [-0.1, -0.05) is 30.3 Å². The third-order valence-corrected chi connectivity index (χ3v) is 3.09. The zero-order valence-electron chi connectivity index (χ0n) is 9.25. The molecule has 1 aliphatic rings. The number of carbonyl (C=O) groups excluding carboxylic acids is 1. The second-order valence-corrected chi connectivity index (χ2v) is 3.97. The molecule has 2 nitrogen and oxygen atoms in total. The molecule has 0 spiro atoms. The lowest BCUT2D eigenvalue weighted by Gasteiger charge is -2.07. The van der Waals surface area contributed by atoms with Gasteiger partial charge in [-0.05, 0) is 17.2 Å². The van der Waals surface area contributed by atoms with Crippen molar-refractivity contribution in [1.82, 2.24) is 0 Å². The van der Waals surface area contributed by atoms with Gasteiger partial charge in [-0.2, -0.15) is 0 Å². The fourth-order valence-corrected chi connectivity index (χ4v) is 2.33. The van der Waals surface area contributed by atoms with Crippen molar-refractivity contribution in [2.45, 2.75) is 0 Å². The summed E-state index contributed by atoms with van der Waals surface area (Å²) in [6, 6.07) is 10.4. The standard InChI is InChI=1S/C14H10FNO/c1-16-13-11(15)7-6-9-8-4-2-3-5-10(8)14(17)12(9)13/h2-7,16H,1H3. The van der Waals surface area contributed by atoms with E-state index >= 15 is 0 Å². The molecular formula is C14H10FNO. The highest BCUT2D eigenvalue weighted by molar-refractivity contribution is 6.24. The zero-order valence-corrected chi connectivity index (χ0v) is 9.25.